The second kappa shape index (κ2) is 6.58. The first kappa shape index (κ1) is 13.9. The van der Waals surface area contributed by atoms with Gasteiger partial charge in [-0.2, -0.15) is 0 Å². The highest BCUT2D eigenvalue weighted by Gasteiger charge is 2.17. The molecular formula is C15H22N6. The molecule has 0 spiro atoms. The highest BCUT2D eigenvalue weighted by atomic mass is 15.3. The monoisotopic (exact) mass is 286 g/mol. The van der Waals surface area contributed by atoms with E-state index < -0.39 is 0 Å². The lowest BCUT2D eigenvalue weighted by Gasteiger charge is -2.35. The van der Waals surface area contributed by atoms with Gasteiger partial charge in [0.25, 0.3) is 0 Å². The molecule has 0 saturated carbocycles. The van der Waals surface area contributed by atoms with E-state index in [0.717, 1.165) is 57.2 Å². The van der Waals surface area contributed by atoms with E-state index in [0.29, 0.717) is 0 Å². The minimum atomic E-state index is 0.719. The number of piperazine rings is 1. The summed E-state index contributed by atoms with van der Waals surface area (Å²) in [6.07, 6.45) is 8.62. The SMILES string of the molecule is Nc1ccc(N2CCN(CCCn3ccnc3)CC2)nc1. The number of hydrogen-bond donors (Lipinski definition) is 1. The lowest BCUT2D eigenvalue weighted by Crippen LogP contribution is -2.47. The van der Waals surface area contributed by atoms with Crippen molar-refractivity contribution in [1.29, 1.82) is 0 Å². The Morgan fingerprint density at radius 3 is 2.62 bits per heavy atom. The Labute approximate surface area is 125 Å². The van der Waals surface area contributed by atoms with Gasteiger partial charge in [-0.05, 0) is 25.1 Å². The summed E-state index contributed by atoms with van der Waals surface area (Å²) >= 11 is 0. The fourth-order valence-electron chi connectivity index (χ4n) is 2.68. The second-order valence-corrected chi connectivity index (χ2v) is 5.43. The zero-order valence-corrected chi connectivity index (χ0v) is 12.2. The van der Waals surface area contributed by atoms with Crippen LogP contribution in [-0.4, -0.2) is 52.2 Å². The molecule has 0 atom stereocenters. The fraction of sp³-hybridized carbons (Fsp3) is 0.467. The van der Waals surface area contributed by atoms with Gasteiger partial charge in [-0.25, -0.2) is 9.97 Å². The minimum Gasteiger partial charge on any atom is -0.397 e. The third-order valence-electron chi connectivity index (χ3n) is 3.92. The first-order valence-electron chi connectivity index (χ1n) is 7.46. The maximum absolute atomic E-state index is 5.68. The predicted octanol–water partition coefficient (Wildman–Crippen LogP) is 1.07. The van der Waals surface area contributed by atoms with Gasteiger partial charge in [-0.1, -0.05) is 0 Å². The van der Waals surface area contributed by atoms with Crippen molar-refractivity contribution in [2.24, 2.45) is 0 Å². The molecule has 6 nitrogen and oxygen atoms in total. The Balaban J connectivity index is 1.41. The van der Waals surface area contributed by atoms with E-state index >= 15 is 0 Å². The van der Waals surface area contributed by atoms with Gasteiger partial charge in [0.1, 0.15) is 5.82 Å². The van der Waals surface area contributed by atoms with Crippen LogP contribution < -0.4 is 10.6 Å². The van der Waals surface area contributed by atoms with E-state index in [2.05, 4.69) is 24.3 Å². The molecule has 2 aromatic rings. The molecule has 1 aliphatic rings. The number of nitrogens with two attached hydrogens (primary N) is 1. The Morgan fingerprint density at radius 1 is 1.10 bits per heavy atom. The van der Waals surface area contributed by atoms with Crippen LogP contribution in [0.25, 0.3) is 0 Å². The average molecular weight is 286 g/mol. The third kappa shape index (κ3) is 3.72. The summed E-state index contributed by atoms with van der Waals surface area (Å²) in [5.74, 6) is 1.03. The van der Waals surface area contributed by atoms with E-state index in [9.17, 15) is 0 Å². The van der Waals surface area contributed by atoms with E-state index in [-0.39, 0.29) is 0 Å². The van der Waals surface area contributed by atoms with Crippen molar-refractivity contribution in [3.05, 3.63) is 37.1 Å². The summed E-state index contributed by atoms with van der Waals surface area (Å²) in [4.78, 5) is 13.3. The van der Waals surface area contributed by atoms with E-state index in [4.69, 9.17) is 5.73 Å². The Hall–Kier alpha value is -2.08. The Morgan fingerprint density at radius 2 is 1.95 bits per heavy atom. The molecule has 0 radical (unpaired) electrons. The van der Waals surface area contributed by atoms with Crippen molar-refractivity contribution in [2.75, 3.05) is 43.4 Å². The highest BCUT2D eigenvalue weighted by Crippen LogP contribution is 2.14. The molecular weight excluding hydrogens is 264 g/mol. The molecule has 0 aliphatic carbocycles. The van der Waals surface area contributed by atoms with Crippen LogP contribution in [-0.2, 0) is 6.54 Å². The number of aryl methyl sites for hydroxylation is 1. The van der Waals surface area contributed by atoms with Crippen LogP contribution in [0.15, 0.2) is 37.1 Å². The van der Waals surface area contributed by atoms with Crippen molar-refractivity contribution < 1.29 is 0 Å². The summed E-state index contributed by atoms with van der Waals surface area (Å²) in [7, 11) is 0. The summed E-state index contributed by atoms with van der Waals surface area (Å²) in [5.41, 5.74) is 6.40. The molecule has 3 heterocycles. The molecule has 112 valence electrons. The van der Waals surface area contributed by atoms with E-state index in [1.165, 1.54) is 0 Å². The normalized spacial score (nSPS) is 16.3. The number of aromatic nitrogens is 3. The quantitative estimate of drug-likeness (QED) is 0.891. The molecule has 2 N–H and O–H groups in total. The van der Waals surface area contributed by atoms with Crippen molar-refractivity contribution in [3.8, 4) is 0 Å². The molecule has 3 rings (SSSR count). The molecule has 6 heteroatoms. The molecule has 0 unspecified atom stereocenters. The number of pyridine rings is 1. The van der Waals surface area contributed by atoms with Gasteiger partial charge in [-0.15, -0.1) is 0 Å². The lowest BCUT2D eigenvalue weighted by atomic mass is 10.2. The van der Waals surface area contributed by atoms with E-state index in [1.54, 1.807) is 6.20 Å². The van der Waals surface area contributed by atoms with Gasteiger partial charge in [0.2, 0.25) is 0 Å². The third-order valence-corrected chi connectivity index (χ3v) is 3.92. The largest absolute Gasteiger partial charge is 0.397 e. The summed E-state index contributed by atoms with van der Waals surface area (Å²) < 4.78 is 2.13. The molecule has 0 bridgehead atoms. The van der Waals surface area contributed by atoms with Crippen LogP contribution in [0.1, 0.15) is 6.42 Å². The van der Waals surface area contributed by atoms with Crippen LogP contribution >= 0.6 is 0 Å². The summed E-state index contributed by atoms with van der Waals surface area (Å²) in [6, 6.07) is 3.92. The molecule has 1 saturated heterocycles. The predicted molar refractivity (Wildman–Crippen MR) is 84.1 cm³/mol. The van der Waals surface area contributed by atoms with Gasteiger partial charge in [0.05, 0.1) is 18.2 Å². The Bertz CT molecular complexity index is 528. The highest BCUT2D eigenvalue weighted by molar-refractivity contribution is 5.46. The summed E-state index contributed by atoms with van der Waals surface area (Å²) in [6.45, 7) is 6.43. The maximum atomic E-state index is 5.68. The zero-order chi connectivity index (χ0) is 14.5. The zero-order valence-electron chi connectivity index (χ0n) is 12.2. The van der Waals surface area contributed by atoms with Crippen molar-refractivity contribution >= 4 is 11.5 Å². The van der Waals surface area contributed by atoms with Crippen molar-refractivity contribution in [2.45, 2.75) is 13.0 Å². The van der Waals surface area contributed by atoms with E-state index in [1.807, 2.05) is 30.9 Å². The number of rotatable bonds is 5. The van der Waals surface area contributed by atoms with Crippen molar-refractivity contribution in [3.63, 3.8) is 0 Å². The number of imidazole rings is 1. The van der Waals surface area contributed by atoms with Gasteiger partial charge in [0.15, 0.2) is 0 Å². The van der Waals surface area contributed by atoms with Crippen molar-refractivity contribution in [1.82, 2.24) is 19.4 Å². The van der Waals surface area contributed by atoms with Gasteiger partial charge >= 0.3 is 0 Å². The van der Waals surface area contributed by atoms with Crippen LogP contribution in [0.5, 0.6) is 0 Å². The Kier molecular flexibility index (Phi) is 4.35. The number of anilines is 2. The standard InChI is InChI=1S/C15H22N6/c16-14-2-3-15(18-12-14)21-10-8-19(9-11-21)5-1-6-20-7-4-17-13-20/h2-4,7,12-13H,1,5-6,8-11,16H2. The molecule has 21 heavy (non-hydrogen) atoms. The van der Waals surface area contributed by atoms with Gasteiger partial charge in [-0.3, -0.25) is 4.90 Å². The van der Waals surface area contributed by atoms with Crippen LogP contribution in [0, 0.1) is 0 Å². The lowest BCUT2D eigenvalue weighted by molar-refractivity contribution is 0.250. The van der Waals surface area contributed by atoms with Gasteiger partial charge < -0.3 is 15.2 Å². The van der Waals surface area contributed by atoms with Crippen LogP contribution in [0.4, 0.5) is 11.5 Å². The summed E-state index contributed by atoms with van der Waals surface area (Å²) in [5, 5.41) is 0. The topological polar surface area (TPSA) is 63.2 Å². The number of hydrogen-bond acceptors (Lipinski definition) is 5. The number of nitrogens with zero attached hydrogens (tertiary/aromatic N) is 5. The maximum Gasteiger partial charge on any atom is 0.128 e. The second-order valence-electron chi connectivity index (χ2n) is 5.43. The fourth-order valence-corrected chi connectivity index (χ4v) is 2.68. The minimum absolute atomic E-state index is 0.719. The molecule has 0 aromatic carbocycles. The molecule has 2 aromatic heterocycles. The van der Waals surface area contributed by atoms with Crippen LogP contribution in [0.3, 0.4) is 0 Å². The number of nitrogen functional groups attached to an aromatic ring is 1. The molecule has 1 aliphatic heterocycles. The first-order valence-corrected chi connectivity index (χ1v) is 7.46. The smallest absolute Gasteiger partial charge is 0.128 e. The van der Waals surface area contributed by atoms with Gasteiger partial charge in [0, 0.05) is 45.1 Å². The first-order chi connectivity index (χ1) is 10.3. The van der Waals surface area contributed by atoms with Crippen LogP contribution in [0.2, 0.25) is 0 Å². The molecule has 0 amide bonds. The molecule has 1 fully saturated rings. The average Bonchev–Trinajstić information content (AvgIpc) is 3.02.